The van der Waals surface area contributed by atoms with Crippen molar-refractivity contribution in [1.29, 1.82) is 0 Å². The summed E-state index contributed by atoms with van der Waals surface area (Å²) in [5.74, 6) is -0.620. The zero-order chi connectivity index (χ0) is 21.8. The average Bonchev–Trinajstić information content (AvgIpc) is 3.26. The molecule has 7 nitrogen and oxygen atoms in total. The number of H-pyrrole nitrogens is 1. The molecular weight excluding hydrogens is 465 g/mol. The van der Waals surface area contributed by atoms with Crippen molar-refractivity contribution in [2.45, 2.75) is 0 Å². The van der Waals surface area contributed by atoms with Gasteiger partial charge in [0.25, 0.3) is 5.91 Å². The minimum atomic E-state index is -0.347. The van der Waals surface area contributed by atoms with Crippen molar-refractivity contribution in [3.8, 4) is 11.3 Å². The molecule has 31 heavy (non-hydrogen) atoms. The zero-order valence-electron chi connectivity index (χ0n) is 16.6. The summed E-state index contributed by atoms with van der Waals surface area (Å²) >= 11 is 3.41. The fraction of sp³-hybridized carbons (Fsp3) is 0.227. The van der Waals surface area contributed by atoms with Crippen molar-refractivity contribution in [1.82, 2.24) is 20.0 Å². The Hall–Kier alpha value is -3.04. The minimum Gasteiger partial charge on any atom is -0.335 e. The summed E-state index contributed by atoms with van der Waals surface area (Å²) in [6.07, 6.45) is 0. The topological polar surface area (TPSA) is 81.3 Å². The molecule has 0 bridgehead atoms. The monoisotopic (exact) mass is 485 g/mol. The number of anilines is 1. The van der Waals surface area contributed by atoms with Crippen LogP contribution in [0.25, 0.3) is 11.3 Å². The first-order valence-electron chi connectivity index (χ1n) is 9.86. The molecule has 0 radical (unpaired) electrons. The van der Waals surface area contributed by atoms with E-state index in [0.29, 0.717) is 43.3 Å². The molecule has 0 unspecified atom stereocenters. The second-order valence-corrected chi connectivity index (χ2v) is 8.21. The van der Waals surface area contributed by atoms with E-state index in [0.717, 1.165) is 10.0 Å². The van der Waals surface area contributed by atoms with Crippen molar-refractivity contribution in [3.05, 3.63) is 70.6 Å². The number of hydrogen-bond acceptors (Lipinski definition) is 4. The summed E-state index contributed by atoms with van der Waals surface area (Å²) < 4.78 is 13.9. The van der Waals surface area contributed by atoms with E-state index in [4.69, 9.17) is 0 Å². The third-order valence-corrected chi connectivity index (χ3v) is 5.63. The van der Waals surface area contributed by atoms with Crippen molar-refractivity contribution < 1.29 is 14.0 Å². The van der Waals surface area contributed by atoms with E-state index in [1.165, 1.54) is 24.3 Å². The largest absolute Gasteiger partial charge is 0.335 e. The summed E-state index contributed by atoms with van der Waals surface area (Å²) in [5.41, 5.74) is 2.64. The number of aromatic nitrogens is 2. The predicted octanol–water partition coefficient (Wildman–Crippen LogP) is 3.37. The molecule has 1 fully saturated rings. The lowest BCUT2D eigenvalue weighted by Gasteiger charge is -2.34. The van der Waals surface area contributed by atoms with Gasteiger partial charge in [0, 0.05) is 41.9 Å². The molecule has 0 spiro atoms. The maximum Gasteiger partial charge on any atom is 0.271 e. The van der Waals surface area contributed by atoms with Gasteiger partial charge in [-0.3, -0.25) is 19.6 Å². The van der Waals surface area contributed by atoms with Crippen LogP contribution in [0.1, 0.15) is 10.5 Å². The van der Waals surface area contributed by atoms with Crippen molar-refractivity contribution in [2.24, 2.45) is 0 Å². The zero-order valence-corrected chi connectivity index (χ0v) is 18.2. The first-order chi connectivity index (χ1) is 15.0. The SMILES string of the molecule is O=C(CN1CCN(C(=O)c2cc(-c3ccc(Br)cc3)n[nH]2)CC1)Nc1ccc(F)cc1. The van der Waals surface area contributed by atoms with Gasteiger partial charge in [0.05, 0.1) is 12.2 Å². The Morgan fingerprint density at radius 2 is 1.71 bits per heavy atom. The molecule has 9 heteroatoms. The van der Waals surface area contributed by atoms with E-state index in [-0.39, 0.29) is 24.2 Å². The highest BCUT2D eigenvalue weighted by Gasteiger charge is 2.24. The number of benzene rings is 2. The number of nitrogens with zero attached hydrogens (tertiary/aromatic N) is 3. The van der Waals surface area contributed by atoms with E-state index in [2.05, 4.69) is 31.4 Å². The van der Waals surface area contributed by atoms with Crippen LogP contribution in [0.4, 0.5) is 10.1 Å². The molecule has 2 amide bonds. The van der Waals surface area contributed by atoms with Gasteiger partial charge in [-0.15, -0.1) is 0 Å². The van der Waals surface area contributed by atoms with Crippen molar-refractivity contribution in [3.63, 3.8) is 0 Å². The molecule has 1 aromatic heterocycles. The summed E-state index contributed by atoms with van der Waals surface area (Å²) in [4.78, 5) is 28.8. The highest BCUT2D eigenvalue weighted by atomic mass is 79.9. The Bertz CT molecular complexity index is 1060. The van der Waals surface area contributed by atoms with Crippen LogP contribution in [-0.4, -0.2) is 64.5 Å². The predicted molar refractivity (Wildman–Crippen MR) is 119 cm³/mol. The molecular formula is C22H21BrFN5O2. The van der Waals surface area contributed by atoms with E-state index in [1.807, 2.05) is 29.2 Å². The Kier molecular flexibility index (Phi) is 6.43. The maximum atomic E-state index is 13.0. The molecule has 2 heterocycles. The van der Waals surface area contributed by atoms with Crippen LogP contribution in [0.5, 0.6) is 0 Å². The van der Waals surface area contributed by atoms with Gasteiger partial charge in [-0.1, -0.05) is 28.1 Å². The van der Waals surface area contributed by atoms with Crippen LogP contribution in [-0.2, 0) is 4.79 Å². The molecule has 0 saturated carbocycles. The van der Waals surface area contributed by atoms with Gasteiger partial charge in [0.15, 0.2) is 0 Å². The fourth-order valence-electron chi connectivity index (χ4n) is 3.42. The third kappa shape index (κ3) is 5.36. The van der Waals surface area contributed by atoms with Gasteiger partial charge in [-0.25, -0.2) is 4.39 Å². The third-order valence-electron chi connectivity index (χ3n) is 5.10. The standard InChI is InChI=1S/C22H21BrFN5O2/c23-16-3-1-15(2-4-16)19-13-20(27-26-19)22(31)29-11-9-28(10-12-29)14-21(30)25-18-7-5-17(24)6-8-18/h1-8,13H,9-12,14H2,(H,25,30)(H,26,27). The number of halogens is 2. The molecule has 160 valence electrons. The summed E-state index contributed by atoms with van der Waals surface area (Å²) in [6, 6.07) is 15.1. The molecule has 1 aliphatic heterocycles. The highest BCUT2D eigenvalue weighted by molar-refractivity contribution is 9.10. The number of rotatable bonds is 5. The normalized spacial score (nSPS) is 14.5. The Labute approximate surface area is 187 Å². The Morgan fingerprint density at radius 3 is 2.39 bits per heavy atom. The van der Waals surface area contributed by atoms with Crippen LogP contribution in [0.2, 0.25) is 0 Å². The number of carbonyl (C=O) groups is 2. The Balaban J connectivity index is 1.28. The Morgan fingerprint density at radius 1 is 1.03 bits per heavy atom. The first kappa shape index (κ1) is 21.2. The van der Waals surface area contributed by atoms with Gasteiger partial charge < -0.3 is 10.2 Å². The second-order valence-electron chi connectivity index (χ2n) is 7.30. The second kappa shape index (κ2) is 9.40. The molecule has 1 saturated heterocycles. The first-order valence-corrected chi connectivity index (χ1v) is 10.7. The molecule has 4 rings (SSSR count). The van der Waals surface area contributed by atoms with Gasteiger partial charge in [-0.05, 0) is 42.5 Å². The number of aromatic amines is 1. The average molecular weight is 486 g/mol. The van der Waals surface area contributed by atoms with Gasteiger partial charge in [0.2, 0.25) is 5.91 Å². The molecule has 2 aromatic carbocycles. The lowest BCUT2D eigenvalue weighted by molar-refractivity contribution is -0.117. The quantitative estimate of drug-likeness (QED) is 0.580. The highest BCUT2D eigenvalue weighted by Crippen LogP contribution is 2.21. The van der Waals surface area contributed by atoms with Crippen LogP contribution in [0.3, 0.4) is 0 Å². The van der Waals surface area contributed by atoms with E-state index in [1.54, 1.807) is 11.0 Å². The lowest BCUT2D eigenvalue weighted by Crippen LogP contribution is -2.50. The van der Waals surface area contributed by atoms with Gasteiger partial charge >= 0.3 is 0 Å². The van der Waals surface area contributed by atoms with Gasteiger partial charge in [0.1, 0.15) is 11.5 Å². The van der Waals surface area contributed by atoms with Crippen LogP contribution in [0.15, 0.2) is 59.1 Å². The maximum absolute atomic E-state index is 13.0. The van der Waals surface area contributed by atoms with Crippen LogP contribution >= 0.6 is 15.9 Å². The van der Waals surface area contributed by atoms with Crippen molar-refractivity contribution >= 4 is 33.4 Å². The van der Waals surface area contributed by atoms with E-state index >= 15 is 0 Å². The summed E-state index contributed by atoms with van der Waals surface area (Å²) in [7, 11) is 0. The smallest absolute Gasteiger partial charge is 0.271 e. The molecule has 1 aliphatic rings. The van der Waals surface area contributed by atoms with Crippen LogP contribution in [0, 0.1) is 5.82 Å². The molecule has 3 aromatic rings. The van der Waals surface area contributed by atoms with E-state index in [9.17, 15) is 14.0 Å². The van der Waals surface area contributed by atoms with Crippen molar-refractivity contribution in [2.75, 3.05) is 38.0 Å². The minimum absolute atomic E-state index is 0.105. The molecule has 0 aliphatic carbocycles. The summed E-state index contributed by atoms with van der Waals surface area (Å²) in [5, 5.41) is 9.84. The molecule has 0 atom stereocenters. The number of amides is 2. The lowest BCUT2D eigenvalue weighted by atomic mass is 10.1. The number of nitrogens with one attached hydrogen (secondary N) is 2. The molecule has 2 N–H and O–H groups in total. The van der Waals surface area contributed by atoms with E-state index < -0.39 is 0 Å². The van der Waals surface area contributed by atoms with Crippen LogP contribution < -0.4 is 5.32 Å². The van der Waals surface area contributed by atoms with Gasteiger partial charge in [-0.2, -0.15) is 5.10 Å². The number of hydrogen-bond donors (Lipinski definition) is 2. The number of piperazine rings is 1. The summed E-state index contributed by atoms with van der Waals surface area (Å²) in [6.45, 7) is 2.45. The fourth-order valence-corrected chi connectivity index (χ4v) is 3.68. The number of carbonyl (C=O) groups excluding carboxylic acids is 2.